The molecule has 5 nitrogen and oxygen atoms in total. The van der Waals surface area contributed by atoms with E-state index in [-0.39, 0.29) is 11.7 Å². The highest BCUT2D eigenvalue weighted by Gasteiger charge is 2.09. The van der Waals surface area contributed by atoms with Crippen molar-refractivity contribution in [2.45, 2.75) is 13.3 Å². The molecule has 0 heterocycles. The molecule has 0 saturated carbocycles. The number of amides is 1. The summed E-state index contributed by atoms with van der Waals surface area (Å²) < 4.78 is 0. The van der Waals surface area contributed by atoms with Gasteiger partial charge in [0.1, 0.15) is 0 Å². The van der Waals surface area contributed by atoms with E-state index in [9.17, 15) is 9.59 Å². The first kappa shape index (κ1) is 14.0. The number of carbonyl (C=O) groups excluding carboxylic acids is 2. The van der Waals surface area contributed by atoms with E-state index in [4.69, 9.17) is 5.73 Å². The minimum atomic E-state index is -0.0611. The Morgan fingerprint density at radius 2 is 2.06 bits per heavy atom. The van der Waals surface area contributed by atoms with E-state index in [1.54, 1.807) is 19.2 Å². The molecule has 0 aliphatic rings. The molecule has 0 aliphatic heterocycles. The second-order valence-corrected chi connectivity index (χ2v) is 4.17. The largest absolute Gasteiger partial charge is 0.398 e. The molecule has 0 radical (unpaired) electrons. The van der Waals surface area contributed by atoms with Crippen LogP contribution in [-0.2, 0) is 4.79 Å². The average Bonchev–Trinajstić information content (AvgIpc) is 2.35. The van der Waals surface area contributed by atoms with Crippen molar-refractivity contribution >= 4 is 23.1 Å². The first-order chi connectivity index (χ1) is 8.45. The van der Waals surface area contributed by atoms with Crippen LogP contribution in [0.1, 0.15) is 23.7 Å². The number of benzene rings is 1. The number of nitrogens with one attached hydrogen (secondary N) is 1. The van der Waals surface area contributed by atoms with E-state index in [1.165, 1.54) is 6.92 Å². The summed E-state index contributed by atoms with van der Waals surface area (Å²) >= 11 is 0. The van der Waals surface area contributed by atoms with E-state index in [0.717, 1.165) is 5.69 Å². The van der Waals surface area contributed by atoms with Gasteiger partial charge in [0.15, 0.2) is 5.78 Å². The van der Waals surface area contributed by atoms with Gasteiger partial charge >= 0.3 is 0 Å². The number of hydrogen-bond acceptors (Lipinski definition) is 4. The number of ketones is 1. The fraction of sp³-hybridized carbons (Fsp3) is 0.385. The van der Waals surface area contributed by atoms with E-state index >= 15 is 0 Å². The minimum Gasteiger partial charge on any atom is -0.398 e. The molecule has 0 spiro atoms. The Balaban J connectivity index is 2.80. The zero-order valence-corrected chi connectivity index (χ0v) is 11.0. The molecule has 0 aromatic heterocycles. The summed E-state index contributed by atoms with van der Waals surface area (Å²) in [6.07, 6.45) is 0.410. The maximum Gasteiger partial charge on any atom is 0.221 e. The molecular formula is C13H19N3O2. The maximum absolute atomic E-state index is 11.4. The normalized spacial score (nSPS) is 9.94. The van der Waals surface area contributed by atoms with Crippen molar-refractivity contribution in [3.05, 3.63) is 23.8 Å². The minimum absolute atomic E-state index is 0.0101. The van der Waals surface area contributed by atoms with Crippen molar-refractivity contribution in [1.82, 2.24) is 5.32 Å². The first-order valence-corrected chi connectivity index (χ1v) is 5.78. The molecule has 98 valence electrons. The highest BCUT2D eigenvalue weighted by molar-refractivity contribution is 6.00. The molecule has 0 saturated heterocycles. The Morgan fingerprint density at radius 3 is 2.61 bits per heavy atom. The van der Waals surface area contributed by atoms with Gasteiger partial charge in [-0.25, -0.2) is 0 Å². The van der Waals surface area contributed by atoms with Gasteiger partial charge in [0.05, 0.1) is 0 Å². The van der Waals surface area contributed by atoms with Crippen LogP contribution in [0.25, 0.3) is 0 Å². The van der Waals surface area contributed by atoms with Gasteiger partial charge in [0.2, 0.25) is 5.91 Å². The van der Waals surface area contributed by atoms with Crippen LogP contribution in [0.15, 0.2) is 18.2 Å². The van der Waals surface area contributed by atoms with Gasteiger partial charge < -0.3 is 16.0 Å². The van der Waals surface area contributed by atoms with Crippen LogP contribution in [0.3, 0.4) is 0 Å². The molecule has 1 amide bonds. The van der Waals surface area contributed by atoms with Crippen molar-refractivity contribution in [2.24, 2.45) is 0 Å². The van der Waals surface area contributed by atoms with Crippen molar-refractivity contribution in [1.29, 1.82) is 0 Å². The lowest BCUT2D eigenvalue weighted by atomic mass is 10.1. The fourth-order valence-corrected chi connectivity index (χ4v) is 1.61. The zero-order chi connectivity index (χ0) is 13.7. The SMILES string of the molecule is CNC(=O)CCN(C)c1ccc(N)c(C(C)=O)c1. The van der Waals surface area contributed by atoms with E-state index in [2.05, 4.69) is 5.32 Å². The maximum atomic E-state index is 11.4. The number of anilines is 2. The lowest BCUT2D eigenvalue weighted by molar-refractivity contribution is -0.120. The van der Waals surface area contributed by atoms with Crippen molar-refractivity contribution in [3.8, 4) is 0 Å². The Hall–Kier alpha value is -2.04. The number of nitrogen functional groups attached to an aromatic ring is 1. The van der Waals surface area contributed by atoms with Crippen LogP contribution < -0.4 is 16.0 Å². The van der Waals surface area contributed by atoms with Gasteiger partial charge in [-0.05, 0) is 25.1 Å². The number of nitrogens with zero attached hydrogens (tertiary/aromatic N) is 1. The number of Topliss-reactive ketones (excluding diaryl/α,β-unsaturated/α-hetero) is 1. The summed E-state index contributed by atoms with van der Waals surface area (Å²) in [4.78, 5) is 24.5. The summed E-state index contributed by atoms with van der Waals surface area (Å²) in [5.74, 6) is -0.0712. The van der Waals surface area contributed by atoms with Crippen molar-refractivity contribution < 1.29 is 9.59 Å². The molecule has 1 aromatic rings. The summed E-state index contributed by atoms with van der Waals surface area (Å²) in [5.41, 5.74) is 7.60. The molecule has 18 heavy (non-hydrogen) atoms. The standard InChI is InChI=1S/C13H19N3O2/c1-9(17)11-8-10(4-5-12(11)14)16(3)7-6-13(18)15-2/h4-5,8H,6-7,14H2,1-3H3,(H,15,18). The Morgan fingerprint density at radius 1 is 1.39 bits per heavy atom. The van der Waals surface area contributed by atoms with Crippen LogP contribution in [0, 0.1) is 0 Å². The monoisotopic (exact) mass is 249 g/mol. The predicted molar refractivity (Wildman–Crippen MR) is 72.8 cm³/mol. The van der Waals surface area contributed by atoms with Crippen LogP contribution in [0.4, 0.5) is 11.4 Å². The lowest BCUT2D eigenvalue weighted by Crippen LogP contribution is -2.26. The third-order valence-electron chi connectivity index (χ3n) is 2.81. The van der Waals surface area contributed by atoms with Gasteiger partial charge in [-0.15, -0.1) is 0 Å². The van der Waals surface area contributed by atoms with Crippen LogP contribution in [0.2, 0.25) is 0 Å². The molecule has 5 heteroatoms. The van der Waals surface area contributed by atoms with Crippen molar-refractivity contribution in [2.75, 3.05) is 31.3 Å². The summed E-state index contributed by atoms with van der Waals surface area (Å²) in [7, 11) is 3.48. The third kappa shape index (κ3) is 3.48. The van der Waals surface area contributed by atoms with Gasteiger partial charge in [-0.1, -0.05) is 0 Å². The number of rotatable bonds is 5. The van der Waals surface area contributed by atoms with Crippen LogP contribution in [0.5, 0.6) is 0 Å². The molecule has 0 unspecified atom stereocenters. The van der Waals surface area contributed by atoms with E-state index in [1.807, 2.05) is 18.0 Å². The molecule has 0 bridgehead atoms. The number of carbonyl (C=O) groups is 2. The topological polar surface area (TPSA) is 75.4 Å². The summed E-state index contributed by atoms with van der Waals surface area (Å²) in [6.45, 7) is 2.07. The predicted octanol–water partition coefficient (Wildman–Crippen LogP) is 1.04. The zero-order valence-electron chi connectivity index (χ0n) is 11.0. The number of hydrogen-bond donors (Lipinski definition) is 2. The second kappa shape index (κ2) is 6.05. The highest BCUT2D eigenvalue weighted by atomic mass is 16.1. The van der Waals surface area contributed by atoms with Gasteiger partial charge in [0, 0.05) is 44.0 Å². The smallest absolute Gasteiger partial charge is 0.221 e. The van der Waals surface area contributed by atoms with Crippen LogP contribution >= 0.6 is 0 Å². The van der Waals surface area contributed by atoms with E-state index < -0.39 is 0 Å². The van der Waals surface area contributed by atoms with Gasteiger partial charge in [0.25, 0.3) is 0 Å². The lowest BCUT2D eigenvalue weighted by Gasteiger charge is -2.19. The Bertz CT molecular complexity index is 458. The molecule has 1 rings (SSSR count). The molecule has 0 fully saturated rings. The molecule has 1 aromatic carbocycles. The summed E-state index contributed by atoms with van der Waals surface area (Å²) in [5, 5.41) is 2.57. The highest BCUT2D eigenvalue weighted by Crippen LogP contribution is 2.21. The summed E-state index contributed by atoms with van der Waals surface area (Å²) in [6, 6.07) is 5.30. The Kier molecular flexibility index (Phi) is 4.71. The average molecular weight is 249 g/mol. The van der Waals surface area contributed by atoms with Gasteiger partial charge in [-0.2, -0.15) is 0 Å². The van der Waals surface area contributed by atoms with Crippen molar-refractivity contribution in [3.63, 3.8) is 0 Å². The van der Waals surface area contributed by atoms with Crippen LogP contribution in [-0.4, -0.2) is 32.3 Å². The second-order valence-electron chi connectivity index (χ2n) is 4.17. The third-order valence-corrected chi connectivity index (χ3v) is 2.81. The quantitative estimate of drug-likeness (QED) is 0.604. The Labute approximate surface area is 107 Å². The molecule has 0 atom stereocenters. The van der Waals surface area contributed by atoms with Gasteiger partial charge in [-0.3, -0.25) is 9.59 Å². The molecular weight excluding hydrogens is 230 g/mol. The molecule has 0 aliphatic carbocycles. The molecule has 3 N–H and O–H groups in total. The fourth-order valence-electron chi connectivity index (χ4n) is 1.61. The first-order valence-electron chi connectivity index (χ1n) is 5.78. The van der Waals surface area contributed by atoms with E-state index in [0.29, 0.717) is 24.2 Å². The number of nitrogens with two attached hydrogens (primary N) is 1.